The second-order valence-corrected chi connectivity index (χ2v) is 25.6. The number of hydrogen-bond acceptors (Lipinski definition) is 6. The predicted octanol–water partition coefficient (Wildman–Crippen LogP) is 21.9. The predicted molar refractivity (Wildman–Crippen MR) is 416 cm³/mol. The van der Waals surface area contributed by atoms with Crippen LogP contribution in [0.25, 0.3) is 112 Å². The molecule has 0 saturated heterocycles. The average Bonchev–Trinajstić information content (AvgIpc) is 1.59. The largest absolute Gasteiger partial charge is 0.265 e. The molecule has 0 aliphatic heterocycles. The van der Waals surface area contributed by atoms with Crippen molar-refractivity contribution in [3.8, 4) is 112 Å². The van der Waals surface area contributed by atoms with E-state index in [1.165, 1.54) is 106 Å². The van der Waals surface area contributed by atoms with Crippen molar-refractivity contribution in [2.24, 2.45) is 0 Å². The number of nitrogens with zero attached hydrogens (tertiary/aromatic N) is 10. The van der Waals surface area contributed by atoms with Crippen molar-refractivity contribution in [2.75, 3.05) is 0 Å². The van der Waals surface area contributed by atoms with Gasteiger partial charge in [-0.1, -0.05) is 175 Å². The van der Waals surface area contributed by atoms with E-state index in [1.54, 1.807) is 9.48 Å². The van der Waals surface area contributed by atoms with E-state index in [0.717, 1.165) is 62.2 Å². The molecule has 4 aromatic heterocycles. The van der Waals surface area contributed by atoms with Crippen molar-refractivity contribution in [1.29, 1.82) is 0 Å². The molecule has 4 radical (unpaired) electrons. The van der Waals surface area contributed by atoms with Gasteiger partial charge < -0.3 is 0 Å². The Labute approximate surface area is 677 Å². The van der Waals surface area contributed by atoms with Crippen LogP contribution in [-0.4, -0.2) is 49.5 Å². The van der Waals surface area contributed by atoms with E-state index in [2.05, 4.69) is 277 Å². The Kier molecular flexibility index (Phi) is 28.1. The van der Waals surface area contributed by atoms with Crippen LogP contribution in [0.1, 0.15) is 55.9 Å². The molecule has 536 valence electrons. The van der Waals surface area contributed by atoms with Crippen LogP contribution in [0.2, 0.25) is 0 Å². The van der Waals surface area contributed by atoms with Gasteiger partial charge in [-0.05, 0) is 192 Å². The number of para-hydroxylation sites is 4. The van der Waals surface area contributed by atoms with Crippen LogP contribution >= 0.6 is 0 Å². The molecule has 16 rings (SSSR count). The Morgan fingerprint density at radius 1 is 0.274 bits per heavy atom. The van der Waals surface area contributed by atoms with E-state index >= 15 is 0 Å². The van der Waals surface area contributed by atoms with Crippen LogP contribution in [0.5, 0.6) is 0 Å². The quantitative estimate of drug-likeness (QED) is 0.113. The second kappa shape index (κ2) is 37.3. The number of rotatable bonds is 12. The summed E-state index contributed by atoms with van der Waals surface area (Å²) in [6.45, 7) is 21.5. The molecule has 0 unspecified atom stereocenters. The van der Waals surface area contributed by atoms with Gasteiger partial charge in [0.25, 0.3) is 0 Å². The first-order chi connectivity index (χ1) is 49.7. The zero-order chi connectivity index (χ0) is 70.6. The fourth-order valence-electron chi connectivity index (χ4n) is 13.6. The molecule has 0 aliphatic carbocycles. The maximum absolute atomic E-state index is 4.81. The van der Waals surface area contributed by atoms with Crippen molar-refractivity contribution in [2.45, 2.75) is 69.2 Å². The minimum atomic E-state index is 0. The molecule has 10 nitrogen and oxygen atoms in total. The van der Waals surface area contributed by atoms with Gasteiger partial charge in [-0.2, -0.15) is 122 Å². The Morgan fingerprint density at radius 3 is 1.02 bits per heavy atom. The van der Waals surface area contributed by atoms with Gasteiger partial charge in [0.2, 0.25) is 0 Å². The summed E-state index contributed by atoms with van der Waals surface area (Å²) in [5, 5.41) is 27.0. The normalized spacial score (nSPS) is 10.4. The van der Waals surface area contributed by atoms with Gasteiger partial charge in [0, 0.05) is 115 Å². The summed E-state index contributed by atoms with van der Waals surface area (Å²) in [5.41, 5.74) is 34.5. The molecule has 16 aromatic rings. The molecule has 0 fully saturated rings. The monoisotopic (exact) mass is 2090 g/mol. The Bertz CT molecular complexity index is 5000. The maximum Gasteiger partial charge on any atom is 0.113 e. The standard InChI is InChI=1S/C25H23N2.C23H19N2.2C22H18N3.4Ir/c1-17-15-22(21-11-7-5-8-12-21)16-18(2)24(17)25-19(3)26-27(20(25)4)23-13-9-6-10-14-23;1-17-13-20(19-9-5-3-6-10-19)14-18(2)23(17)21-15-24-25(16-21)22-11-7-4-8-12-22;1-16-13-19(18-9-5-3-6-10-18)14-17(2)22(16)21-15-25(24-23-21)20-11-7-4-8-12-20;1-16-13-19(18-9-5-3-6-10-18)14-17(2)22(16)21-15-23-25(24-21)20-11-7-4-8-12-20;;;;/h5-13,15-16H,1-4H3;3-11,13-16H,1-2H3;2*3-11,13-15H,1-2H3;;;;/q4*-1;;;;. The Morgan fingerprint density at radius 2 is 0.623 bits per heavy atom. The zero-order valence-corrected chi connectivity index (χ0v) is 70.1. The average molecular weight is 2090 g/mol. The third kappa shape index (κ3) is 18.6. The molecule has 4 heterocycles. The molecule has 0 bridgehead atoms. The molecule has 0 aliphatic rings. The summed E-state index contributed by atoms with van der Waals surface area (Å²) in [4.78, 5) is 1.62. The first-order valence-electron chi connectivity index (χ1n) is 34.2. The van der Waals surface area contributed by atoms with Crippen molar-refractivity contribution < 1.29 is 80.4 Å². The fraction of sp³-hybridized carbons (Fsp3) is 0.109. The molecular weight excluding hydrogens is 2010 g/mol. The SMILES string of the molecule is Cc1cc(-c2ccccc2)cc(C)c1-c1c(C)nn(-c2[c-]cccc2)c1C.Cc1cc(-c2ccccc2)cc(C)c1-c1cn(-c2[c-]cccc2)nn1.Cc1cc(-c2ccccc2)cc(C)c1-c1cnn(-c2[c-]cccc2)c1.Cc1cc(-c2ccccc2)cc(C)c1-c1cnn(-c2[c-]cccc2)n1.[Ir].[Ir].[Ir].[Ir]. The van der Waals surface area contributed by atoms with Gasteiger partial charge >= 0.3 is 0 Å². The number of aromatic nitrogens is 10. The minimum absolute atomic E-state index is 0. The van der Waals surface area contributed by atoms with E-state index < -0.39 is 0 Å². The van der Waals surface area contributed by atoms with Gasteiger partial charge in [0.1, 0.15) is 11.4 Å². The van der Waals surface area contributed by atoms with Crippen LogP contribution in [0.15, 0.2) is 292 Å². The Balaban J connectivity index is 0.000000162. The van der Waals surface area contributed by atoms with Crippen LogP contribution in [0, 0.1) is 93.5 Å². The summed E-state index contributed by atoms with van der Waals surface area (Å²) < 4.78 is 5.63. The van der Waals surface area contributed by atoms with Crippen molar-refractivity contribution in [3.05, 3.63) is 372 Å². The second-order valence-electron chi connectivity index (χ2n) is 25.6. The van der Waals surface area contributed by atoms with Gasteiger partial charge in [0.05, 0.1) is 24.3 Å². The third-order valence-corrected chi connectivity index (χ3v) is 18.2. The number of aryl methyl sites for hydroxylation is 9. The molecule has 14 heteroatoms. The summed E-state index contributed by atoms with van der Waals surface area (Å²) >= 11 is 0. The summed E-state index contributed by atoms with van der Waals surface area (Å²) in [7, 11) is 0. The fourth-order valence-corrected chi connectivity index (χ4v) is 13.6. The molecule has 0 atom stereocenters. The molecule has 0 N–H and O–H groups in total. The van der Waals surface area contributed by atoms with E-state index in [9.17, 15) is 0 Å². The number of benzene rings is 12. The van der Waals surface area contributed by atoms with Crippen LogP contribution in [0.4, 0.5) is 0 Å². The first-order valence-corrected chi connectivity index (χ1v) is 34.2. The molecule has 106 heavy (non-hydrogen) atoms. The third-order valence-electron chi connectivity index (χ3n) is 18.2. The summed E-state index contributed by atoms with van der Waals surface area (Å²) in [6, 6.07) is 104. The minimum Gasteiger partial charge on any atom is -0.265 e. The van der Waals surface area contributed by atoms with Crippen LogP contribution < -0.4 is 0 Å². The molecule has 0 spiro atoms. The topological polar surface area (TPSA) is 97.1 Å². The van der Waals surface area contributed by atoms with Crippen molar-refractivity contribution in [1.82, 2.24) is 49.5 Å². The molecule has 12 aromatic carbocycles. The van der Waals surface area contributed by atoms with Crippen molar-refractivity contribution >= 4 is 0 Å². The van der Waals surface area contributed by atoms with Gasteiger partial charge in [-0.3, -0.25) is 9.36 Å². The number of hydrogen-bond donors (Lipinski definition) is 0. The van der Waals surface area contributed by atoms with Gasteiger partial charge in [-0.25, -0.2) is 4.68 Å². The van der Waals surface area contributed by atoms with E-state index in [4.69, 9.17) is 5.10 Å². The van der Waals surface area contributed by atoms with Crippen molar-refractivity contribution in [3.63, 3.8) is 0 Å². The smallest absolute Gasteiger partial charge is 0.113 e. The van der Waals surface area contributed by atoms with E-state index in [-0.39, 0.29) is 80.4 Å². The first kappa shape index (κ1) is 80.0. The van der Waals surface area contributed by atoms with E-state index in [0.29, 0.717) is 0 Å². The maximum atomic E-state index is 4.81. The van der Waals surface area contributed by atoms with Gasteiger partial charge in [-0.15, -0.1) is 29.4 Å². The van der Waals surface area contributed by atoms with Crippen LogP contribution in [0.3, 0.4) is 0 Å². The molecule has 0 amide bonds. The summed E-state index contributed by atoms with van der Waals surface area (Å²) in [5.74, 6) is 0. The molecule has 0 saturated carbocycles. The Hall–Kier alpha value is -10.1. The van der Waals surface area contributed by atoms with Gasteiger partial charge in [0.15, 0.2) is 0 Å². The zero-order valence-electron chi connectivity index (χ0n) is 60.5. The summed E-state index contributed by atoms with van der Waals surface area (Å²) in [6.07, 6.45) is 7.78. The molecular formula is C92H78Ir4N10-4. The van der Waals surface area contributed by atoms with E-state index in [1.807, 2.05) is 143 Å². The van der Waals surface area contributed by atoms with Crippen LogP contribution in [-0.2, 0) is 80.4 Å².